The number of hydrogen-bond donors (Lipinski definition) is 1. The van der Waals surface area contributed by atoms with Gasteiger partial charge in [0.25, 0.3) is 0 Å². The van der Waals surface area contributed by atoms with Crippen LogP contribution in [0.1, 0.15) is 37.3 Å². The van der Waals surface area contributed by atoms with E-state index in [1.807, 2.05) is 7.11 Å². The van der Waals surface area contributed by atoms with Crippen LogP contribution in [0.15, 0.2) is 24.3 Å². The summed E-state index contributed by atoms with van der Waals surface area (Å²) >= 11 is 0. The summed E-state index contributed by atoms with van der Waals surface area (Å²) < 4.78 is 5.49. The first kappa shape index (κ1) is 12.6. The highest BCUT2D eigenvalue weighted by molar-refractivity contribution is 5.22. The van der Waals surface area contributed by atoms with Gasteiger partial charge in [-0.15, -0.1) is 0 Å². The molecule has 0 heterocycles. The van der Waals surface area contributed by atoms with Crippen molar-refractivity contribution in [3.8, 4) is 0 Å². The molecule has 2 nitrogen and oxygen atoms in total. The molecule has 0 spiro atoms. The van der Waals surface area contributed by atoms with E-state index < -0.39 is 0 Å². The van der Waals surface area contributed by atoms with Crippen molar-refractivity contribution in [2.75, 3.05) is 7.11 Å². The smallest absolute Gasteiger partial charge is 0.0724 e. The average Bonchev–Trinajstić information content (AvgIpc) is 2.84. The lowest BCUT2D eigenvalue weighted by Crippen LogP contribution is -2.36. The van der Waals surface area contributed by atoms with Crippen molar-refractivity contribution < 1.29 is 4.74 Å². The van der Waals surface area contributed by atoms with Crippen molar-refractivity contribution in [3.05, 3.63) is 35.4 Å². The predicted molar refractivity (Wildman–Crippen MR) is 71.1 cm³/mol. The first-order chi connectivity index (χ1) is 8.33. The molecule has 2 unspecified atom stereocenters. The highest BCUT2D eigenvalue weighted by Gasteiger charge is 2.26. The minimum absolute atomic E-state index is 0.407. The zero-order chi connectivity index (χ0) is 12.1. The van der Waals surface area contributed by atoms with Crippen LogP contribution in [0, 0.1) is 0 Å². The molecule has 2 atom stereocenters. The molecular weight excluding hydrogens is 210 g/mol. The molecule has 2 rings (SSSR count). The number of benzene rings is 1. The maximum absolute atomic E-state index is 5.49. The predicted octanol–water partition coefficient (Wildman–Crippen LogP) is 2.91. The van der Waals surface area contributed by atoms with E-state index in [0.717, 1.165) is 13.0 Å². The van der Waals surface area contributed by atoms with E-state index in [-0.39, 0.29) is 0 Å². The average molecular weight is 233 g/mol. The van der Waals surface area contributed by atoms with Crippen LogP contribution in [0.3, 0.4) is 0 Å². The molecule has 94 valence electrons. The standard InChI is InChI=1S/C15H23NO/c1-3-12-7-9-13(10-8-12)11-16-14-5-4-6-15(14)17-2/h7-10,14-16H,3-6,11H2,1-2H3. The number of aryl methyl sites for hydroxylation is 1. The second kappa shape index (κ2) is 6.18. The van der Waals surface area contributed by atoms with Crippen molar-refractivity contribution in [1.29, 1.82) is 0 Å². The highest BCUT2D eigenvalue weighted by Crippen LogP contribution is 2.21. The van der Waals surface area contributed by atoms with E-state index >= 15 is 0 Å². The third-order valence-electron chi connectivity index (χ3n) is 3.75. The van der Waals surface area contributed by atoms with Gasteiger partial charge in [0.1, 0.15) is 0 Å². The van der Waals surface area contributed by atoms with Gasteiger partial charge in [0.05, 0.1) is 6.10 Å². The molecule has 1 aromatic carbocycles. The van der Waals surface area contributed by atoms with E-state index in [2.05, 4.69) is 36.5 Å². The molecule has 0 amide bonds. The third kappa shape index (κ3) is 3.30. The molecule has 0 radical (unpaired) electrons. The normalized spacial score (nSPS) is 24.1. The molecule has 1 N–H and O–H groups in total. The van der Waals surface area contributed by atoms with Gasteiger partial charge in [0.15, 0.2) is 0 Å². The molecular formula is C15H23NO. The van der Waals surface area contributed by atoms with Gasteiger partial charge in [-0.2, -0.15) is 0 Å². The maximum Gasteiger partial charge on any atom is 0.0724 e. The van der Waals surface area contributed by atoms with E-state index in [1.165, 1.54) is 30.4 Å². The van der Waals surface area contributed by atoms with Crippen molar-refractivity contribution in [2.45, 2.75) is 51.3 Å². The largest absolute Gasteiger partial charge is 0.380 e. The lowest BCUT2D eigenvalue weighted by Gasteiger charge is -2.19. The monoisotopic (exact) mass is 233 g/mol. The van der Waals surface area contributed by atoms with Gasteiger partial charge in [0, 0.05) is 19.7 Å². The summed E-state index contributed by atoms with van der Waals surface area (Å²) in [6.07, 6.45) is 5.24. The number of ether oxygens (including phenoxy) is 1. The summed E-state index contributed by atoms with van der Waals surface area (Å²) in [5, 5.41) is 3.61. The van der Waals surface area contributed by atoms with Crippen LogP contribution in [0.5, 0.6) is 0 Å². The van der Waals surface area contributed by atoms with E-state index in [0.29, 0.717) is 12.1 Å². The van der Waals surface area contributed by atoms with Crippen LogP contribution in [0.2, 0.25) is 0 Å². The van der Waals surface area contributed by atoms with Crippen LogP contribution in [-0.4, -0.2) is 19.3 Å². The van der Waals surface area contributed by atoms with Crippen LogP contribution in [0.4, 0.5) is 0 Å². The Kier molecular flexibility index (Phi) is 4.57. The Morgan fingerprint density at radius 3 is 2.53 bits per heavy atom. The summed E-state index contributed by atoms with van der Waals surface area (Å²) in [5.74, 6) is 0. The first-order valence-electron chi connectivity index (χ1n) is 6.67. The Morgan fingerprint density at radius 1 is 1.18 bits per heavy atom. The minimum Gasteiger partial charge on any atom is -0.380 e. The number of nitrogens with one attached hydrogen (secondary N) is 1. The molecule has 1 aliphatic rings. The second-order valence-corrected chi connectivity index (χ2v) is 4.86. The van der Waals surface area contributed by atoms with Gasteiger partial charge in [0.2, 0.25) is 0 Å². The lowest BCUT2D eigenvalue weighted by atomic mass is 10.1. The lowest BCUT2D eigenvalue weighted by molar-refractivity contribution is 0.0847. The van der Waals surface area contributed by atoms with Crippen molar-refractivity contribution in [2.24, 2.45) is 0 Å². The Morgan fingerprint density at radius 2 is 1.88 bits per heavy atom. The van der Waals surface area contributed by atoms with E-state index in [9.17, 15) is 0 Å². The number of methoxy groups -OCH3 is 1. The Balaban J connectivity index is 1.84. The summed E-state index contributed by atoms with van der Waals surface area (Å²) in [4.78, 5) is 0. The van der Waals surface area contributed by atoms with Crippen molar-refractivity contribution in [1.82, 2.24) is 5.32 Å². The fraction of sp³-hybridized carbons (Fsp3) is 0.600. The van der Waals surface area contributed by atoms with E-state index in [4.69, 9.17) is 4.74 Å². The van der Waals surface area contributed by atoms with Crippen molar-refractivity contribution >= 4 is 0 Å². The van der Waals surface area contributed by atoms with Gasteiger partial charge in [-0.3, -0.25) is 0 Å². The Labute approximate surface area is 104 Å². The van der Waals surface area contributed by atoms with Gasteiger partial charge in [-0.1, -0.05) is 31.2 Å². The summed E-state index contributed by atoms with van der Waals surface area (Å²) in [6.45, 7) is 3.14. The summed E-state index contributed by atoms with van der Waals surface area (Å²) in [7, 11) is 1.82. The molecule has 0 aromatic heterocycles. The highest BCUT2D eigenvalue weighted by atomic mass is 16.5. The molecule has 0 aliphatic heterocycles. The van der Waals surface area contributed by atoms with Gasteiger partial charge in [-0.05, 0) is 36.8 Å². The fourth-order valence-corrected chi connectivity index (χ4v) is 2.58. The summed E-state index contributed by atoms with van der Waals surface area (Å²) in [6, 6.07) is 9.43. The van der Waals surface area contributed by atoms with E-state index in [1.54, 1.807) is 0 Å². The second-order valence-electron chi connectivity index (χ2n) is 4.86. The van der Waals surface area contributed by atoms with Crippen LogP contribution in [-0.2, 0) is 17.7 Å². The SMILES string of the molecule is CCc1ccc(CNC2CCCC2OC)cc1. The van der Waals surface area contributed by atoms with Crippen molar-refractivity contribution in [3.63, 3.8) is 0 Å². The Bertz CT molecular complexity index is 333. The minimum atomic E-state index is 0.407. The maximum atomic E-state index is 5.49. The number of hydrogen-bond acceptors (Lipinski definition) is 2. The topological polar surface area (TPSA) is 21.3 Å². The van der Waals surface area contributed by atoms with Crippen LogP contribution in [0.25, 0.3) is 0 Å². The first-order valence-corrected chi connectivity index (χ1v) is 6.67. The summed E-state index contributed by atoms with van der Waals surface area (Å²) in [5.41, 5.74) is 2.77. The molecule has 1 aromatic rings. The molecule has 0 bridgehead atoms. The molecule has 0 saturated heterocycles. The van der Waals surface area contributed by atoms with Gasteiger partial charge >= 0.3 is 0 Å². The van der Waals surface area contributed by atoms with Crippen LogP contribution < -0.4 is 5.32 Å². The van der Waals surface area contributed by atoms with Crippen LogP contribution >= 0.6 is 0 Å². The van der Waals surface area contributed by atoms with Gasteiger partial charge in [-0.25, -0.2) is 0 Å². The zero-order valence-electron chi connectivity index (χ0n) is 10.9. The number of rotatable bonds is 5. The molecule has 1 aliphatic carbocycles. The zero-order valence-corrected chi connectivity index (χ0v) is 10.9. The molecule has 2 heteroatoms. The molecule has 17 heavy (non-hydrogen) atoms. The fourth-order valence-electron chi connectivity index (χ4n) is 2.58. The third-order valence-corrected chi connectivity index (χ3v) is 3.75. The molecule has 1 saturated carbocycles. The Hall–Kier alpha value is -0.860. The molecule has 1 fully saturated rings. The van der Waals surface area contributed by atoms with Gasteiger partial charge < -0.3 is 10.1 Å². The quantitative estimate of drug-likeness (QED) is 0.844.